The Hall–Kier alpha value is -1.82. The Balaban J connectivity index is 2.03. The molecule has 4 nitrogen and oxygen atoms in total. The minimum atomic E-state index is -0.338. The first-order chi connectivity index (χ1) is 11.9. The van der Waals surface area contributed by atoms with Gasteiger partial charge < -0.3 is 9.84 Å². The smallest absolute Gasteiger partial charge is 0.261 e. The largest absolute Gasteiger partial charge is 0.360 e. The quantitative estimate of drug-likeness (QED) is 0.522. The van der Waals surface area contributed by atoms with E-state index in [1.54, 1.807) is 25.1 Å². The molecule has 2 aromatic carbocycles. The number of aromatic nitrogens is 1. The van der Waals surface area contributed by atoms with Crippen LogP contribution in [0.25, 0.3) is 11.3 Å². The highest BCUT2D eigenvalue weighted by Crippen LogP contribution is 2.37. The van der Waals surface area contributed by atoms with Gasteiger partial charge in [0.2, 0.25) is 0 Å². The molecule has 0 spiro atoms. The molecule has 0 aliphatic rings. The Kier molecular flexibility index (Phi) is 5.18. The van der Waals surface area contributed by atoms with Crippen molar-refractivity contribution in [2.75, 3.05) is 5.32 Å². The third kappa shape index (κ3) is 3.59. The molecule has 128 valence electrons. The number of nitrogens with one attached hydrogen (secondary N) is 1. The van der Waals surface area contributed by atoms with E-state index in [-0.39, 0.29) is 5.91 Å². The highest BCUT2D eigenvalue weighted by molar-refractivity contribution is 9.10. The van der Waals surface area contributed by atoms with Gasteiger partial charge in [-0.3, -0.25) is 4.79 Å². The molecular weight excluding hydrogens is 427 g/mol. The summed E-state index contributed by atoms with van der Waals surface area (Å²) in [6, 6.07) is 10.7. The van der Waals surface area contributed by atoms with Crippen molar-refractivity contribution < 1.29 is 9.32 Å². The van der Waals surface area contributed by atoms with Gasteiger partial charge >= 0.3 is 0 Å². The zero-order valence-electron chi connectivity index (χ0n) is 13.4. The van der Waals surface area contributed by atoms with Gasteiger partial charge in [-0.2, -0.15) is 0 Å². The minimum Gasteiger partial charge on any atom is -0.360 e. The lowest BCUT2D eigenvalue weighted by molar-refractivity contribution is 0.102. The number of hydrogen-bond donors (Lipinski definition) is 1. The summed E-state index contributed by atoms with van der Waals surface area (Å²) in [5, 5.41) is 7.67. The van der Waals surface area contributed by atoms with Gasteiger partial charge in [-0.15, -0.1) is 0 Å². The van der Waals surface area contributed by atoms with Crippen molar-refractivity contribution in [3.05, 3.63) is 67.8 Å². The van der Waals surface area contributed by atoms with Crippen LogP contribution in [0.4, 0.5) is 5.69 Å². The Morgan fingerprint density at radius 2 is 1.84 bits per heavy atom. The van der Waals surface area contributed by atoms with Gasteiger partial charge in [0.1, 0.15) is 17.0 Å². The third-order valence-electron chi connectivity index (χ3n) is 3.73. The highest BCUT2D eigenvalue weighted by Gasteiger charge is 2.25. The first-order valence-electron chi connectivity index (χ1n) is 7.36. The number of rotatable bonds is 3. The average Bonchev–Trinajstić information content (AvgIpc) is 2.91. The van der Waals surface area contributed by atoms with Crippen molar-refractivity contribution in [2.24, 2.45) is 0 Å². The van der Waals surface area contributed by atoms with Gasteiger partial charge in [0, 0.05) is 15.7 Å². The van der Waals surface area contributed by atoms with Crippen molar-refractivity contribution in [2.45, 2.75) is 13.8 Å². The van der Waals surface area contributed by atoms with Crippen molar-refractivity contribution in [3.8, 4) is 11.3 Å². The van der Waals surface area contributed by atoms with Gasteiger partial charge in [-0.1, -0.05) is 50.4 Å². The fourth-order valence-corrected chi connectivity index (χ4v) is 3.54. The molecule has 0 aliphatic carbocycles. The molecule has 0 radical (unpaired) electrons. The molecule has 0 unspecified atom stereocenters. The van der Waals surface area contributed by atoms with Gasteiger partial charge in [0.05, 0.1) is 10.0 Å². The minimum absolute atomic E-state index is 0.303. The van der Waals surface area contributed by atoms with Crippen molar-refractivity contribution >= 4 is 50.7 Å². The van der Waals surface area contributed by atoms with Crippen LogP contribution < -0.4 is 5.32 Å². The Morgan fingerprint density at radius 3 is 2.48 bits per heavy atom. The summed E-state index contributed by atoms with van der Waals surface area (Å²) in [5.41, 5.74) is 2.72. The second-order valence-corrected chi connectivity index (χ2v) is 7.20. The molecule has 1 N–H and O–H groups in total. The van der Waals surface area contributed by atoms with E-state index in [0.29, 0.717) is 38.3 Å². The molecule has 0 saturated carbocycles. The number of aryl methyl sites for hydroxylation is 2. The van der Waals surface area contributed by atoms with Crippen LogP contribution in [0.3, 0.4) is 0 Å². The molecule has 0 saturated heterocycles. The van der Waals surface area contributed by atoms with Crippen LogP contribution in [0.1, 0.15) is 21.7 Å². The summed E-state index contributed by atoms with van der Waals surface area (Å²) < 4.78 is 6.17. The van der Waals surface area contributed by atoms with Crippen LogP contribution in [0.15, 0.2) is 45.4 Å². The van der Waals surface area contributed by atoms with Crippen LogP contribution >= 0.6 is 39.1 Å². The van der Waals surface area contributed by atoms with Gasteiger partial charge in [0.25, 0.3) is 5.91 Å². The summed E-state index contributed by atoms with van der Waals surface area (Å²) in [7, 11) is 0. The van der Waals surface area contributed by atoms with E-state index < -0.39 is 0 Å². The first-order valence-corrected chi connectivity index (χ1v) is 8.91. The lowest BCUT2D eigenvalue weighted by atomic mass is 10.0. The van der Waals surface area contributed by atoms with Crippen LogP contribution in [-0.4, -0.2) is 11.1 Å². The van der Waals surface area contributed by atoms with Crippen LogP contribution in [-0.2, 0) is 0 Å². The maximum Gasteiger partial charge on any atom is 0.261 e. The number of amides is 1. The molecule has 1 amide bonds. The second-order valence-electron chi connectivity index (χ2n) is 5.47. The van der Waals surface area contributed by atoms with Crippen LogP contribution in [0.5, 0.6) is 0 Å². The topological polar surface area (TPSA) is 55.1 Å². The Bertz CT molecular complexity index is 949. The summed E-state index contributed by atoms with van der Waals surface area (Å²) in [6.07, 6.45) is 0. The van der Waals surface area contributed by atoms with Crippen LogP contribution in [0.2, 0.25) is 10.0 Å². The predicted octanol–water partition coefficient (Wildman–Crippen LogP) is 6.28. The molecule has 0 aliphatic heterocycles. The molecule has 0 bridgehead atoms. The van der Waals surface area contributed by atoms with E-state index in [1.165, 1.54) is 0 Å². The monoisotopic (exact) mass is 438 g/mol. The zero-order valence-corrected chi connectivity index (χ0v) is 16.5. The van der Waals surface area contributed by atoms with Gasteiger partial charge in [0.15, 0.2) is 0 Å². The lowest BCUT2D eigenvalue weighted by Crippen LogP contribution is -2.14. The number of hydrogen-bond acceptors (Lipinski definition) is 3. The van der Waals surface area contributed by atoms with Crippen LogP contribution in [0, 0.1) is 13.8 Å². The molecule has 3 rings (SSSR count). The molecule has 1 heterocycles. The Labute approximate surface area is 163 Å². The summed E-state index contributed by atoms with van der Waals surface area (Å²) in [5.74, 6) is 0.0495. The van der Waals surface area contributed by atoms with Gasteiger partial charge in [-0.25, -0.2) is 0 Å². The molecule has 1 aromatic heterocycles. The van der Waals surface area contributed by atoms with Crippen molar-refractivity contribution in [3.63, 3.8) is 0 Å². The molecule has 25 heavy (non-hydrogen) atoms. The van der Waals surface area contributed by atoms with E-state index in [2.05, 4.69) is 26.4 Å². The van der Waals surface area contributed by atoms with Gasteiger partial charge in [-0.05, 0) is 49.7 Å². The number of nitrogens with zero attached hydrogens (tertiary/aromatic N) is 1. The number of anilines is 1. The first kappa shape index (κ1) is 18.0. The van der Waals surface area contributed by atoms with E-state index in [1.807, 2.05) is 25.1 Å². The summed E-state index contributed by atoms with van der Waals surface area (Å²) in [4.78, 5) is 12.8. The number of halogens is 3. The second kappa shape index (κ2) is 7.20. The van der Waals surface area contributed by atoms with E-state index in [0.717, 1.165) is 10.0 Å². The SMILES string of the molecule is Cc1cc(Br)ccc1NC(=O)c1c(-c2c(Cl)cccc2Cl)noc1C. The fourth-order valence-electron chi connectivity index (χ4n) is 2.49. The molecule has 7 heteroatoms. The Morgan fingerprint density at radius 1 is 1.16 bits per heavy atom. The summed E-state index contributed by atoms with van der Waals surface area (Å²) >= 11 is 15.9. The fraction of sp³-hybridized carbons (Fsp3) is 0.111. The zero-order chi connectivity index (χ0) is 18.1. The number of carbonyl (C=O) groups excluding carboxylic acids is 1. The standard InChI is InChI=1S/C18H13BrCl2N2O2/c1-9-8-11(19)6-7-14(9)22-18(24)15-10(2)25-23-17(15)16-12(20)4-3-5-13(16)21/h3-8H,1-2H3,(H,22,24). The number of benzene rings is 2. The maximum absolute atomic E-state index is 12.8. The lowest BCUT2D eigenvalue weighted by Gasteiger charge is -2.10. The molecule has 0 fully saturated rings. The molecule has 0 atom stereocenters. The predicted molar refractivity (Wildman–Crippen MR) is 104 cm³/mol. The summed E-state index contributed by atoms with van der Waals surface area (Å²) in [6.45, 7) is 3.58. The van der Waals surface area contributed by atoms with E-state index in [9.17, 15) is 4.79 Å². The van der Waals surface area contributed by atoms with E-state index >= 15 is 0 Å². The molecule has 3 aromatic rings. The average molecular weight is 440 g/mol. The molecular formula is C18H13BrCl2N2O2. The highest BCUT2D eigenvalue weighted by atomic mass is 79.9. The maximum atomic E-state index is 12.8. The van der Waals surface area contributed by atoms with E-state index in [4.69, 9.17) is 27.7 Å². The number of carbonyl (C=O) groups is 1. The van der Waals surface area contributed by atoms with Crippen molar-refractivity contribution in [1.82, 2.24) is 5.16 Å². The van der Waals surface area contributed by atoms with Crippen molar-refractivity contribution in [1.29, 1.82) is 0 Å². The third-order valence-corrected chi connectivity index (χ3v) is 4.85. The normalized spacial score (nSPS) is 10.8.